The summed E-state index contributed by atoms with van der Waals surface area (Å²) in [6, 6.07) is 10.0. The summed E-state index contributed by atoms with van der Waals surface area (Å²) in [6.07, 6.45) is 2.45. The number of nitrogens with zero attached hydrogens (tertiary/aromatic N) is 1. The van der Waals surface area contributed by atoms with Gasteiger partial charge in [0.05, 0.1) is 17.4 Å². The summed E-state index contributed by atoms with van der Waals surface area (Å²) < 4.78 is 10.9. The van der Waals surface area contributed by atoms with Crippen molar-refractivity contribution in [2.75, 3.05) is 5.73 Å². The SMILES string of the molecule is CCc1occc1-c1onc(N)c1-c1cccc(C)c1. The van der Waals surface area contributed by atoms with E-state index in [0.29, 0.717) is 11.6 Å². The fourth-order valence-electron chi connectivity index (χ4n) is 2.38. The van der Waals surface area contributed by atoms with E-state index < -0.39 is 0 Å². The van der Waals surface area contributed by atoms with Crippen LogP contribution >= 0.6 is 0 Å². The van der Waals surface area contributed by atoms with E-state index in [9.17, 15) is 0 Å². The van der Waals surface area contributed by atoms with Crippen molar-refractivity contribution in [2.45, 2.75) is 20.3 Å². The highest BCUT2D eigenvalue weighted by Gasteiger charge is 2.21. The second kappa shape index (κ2) is 4.89. The van der Waals surface area contributed by atoms with Gasteiger partial charge in [-0.1, -0.05) is 41.9 Å². The van der Waals surface area contributed by atoms with E-state index >= 15 is 0 Å². The second-order valence-corrected chi connectivity index (χ2v) is 4.75. The Kier molecular flexibility index (Phi) is 3.06. The molecule has 0 bridgehead atoms. The molecule has 0 aliphatic carbocycles. The maximum atomic E-state index is 5.99. The number of nitrogens with two attached hydrogens (primary N) is 1. The van der Waals surface area contributed by atoms with E-state index in [1.165, 1.54) is 0 Å². The number of aryl methyl sites for hydroxylation is 2. The first-order valence-corrected chi connectivity index (χ1v) is 6.59. The van der Waals surface area contributed by atoms with Crippen LogP contribution in [0.1, 0.15) is 18.2 Å². The number of rotatable bonds is 3. The Morgan fingerprint density at radius 2 is 2.10 bits per heavy atom. The number of hydrogen-bond donors (Lipinski definition) is 1. The van der Waals surface area contributed by atoms with Gasteiger partial charge in [0.25, 0.3) is 0 Å². The van der Waals surface area contributed by atoms with Gasteiger partial charge in [0.1, 0.15) is 5.76 Å². The summed E-state index contributed by atoms with van der Waals surface area (Å²) in [7, 11) is 0. The third kappa shape index (κ3) is 1.99. The highest BCUT2D eigenvalue weighted by Crippen LogP contribution is 2.38. The van der Waals surface area contributed by atoms with Crippen LogP contribution in [0.4, 0.5) is 5.82 Å². The van der Waals surface area contributed by atoms with Crippen molar-refractivity contribution >= 4 is 5.82 Å². The second-order valence-electron chi connectivity index (χ2n) is 4.75. The highest BCUT2D eigenvalue weighted by atomic mass is 16.5. The number of benzene rings is 1. The Bertz CT molecular complexity index is 741. The van der Waals surface area contributed by atoms with Gasteiger partial charge in [-0.2, -0.15) is 0 Å². The molecule has 2 N–H and O–H groups in total. The van der Waals surface area contributed by atoms with Gasteiger partial charge in [0.2, 0.25) is 0 Å². The Morgan fingerprint density at radius 1 is 1.25 bits per heavy atom. The summed E-state index contributed by atoms with van der Waals surface area (Å²) in [4.78, 5) is 0. The van der Waals surface area contributed by atoms with Crippen molar-refractivity contribution in [3.8, 4) is 22.5 Å². The smallest absolute Gasteiger partial charge is 0.180 e. The molecule has 102 valence electrons. The summed E-state index contributed by atoms with van der Waals surface area (Å²) >= 11 is 0. The molecular weight excluding hydrogens is 252 g/mol. The van der Waals surface area contributed by atoms with Crippen LogP contribution in [0.15, 0.2) is 45.5 Å². The molecule has 3 aromatic rings. The maximum absolute atomic E-state index is 5.99. The third-order valence-electron chi connectivity index (χ3n) is 3.34. The lowest BCUT2D eigenvalue weighted by atomic mass is 10.00. The van der Waals surface area contributed by atoms with Gasteiger partial charge in [0.15, 0.2) is 11.6 Å². The topological polar surface area (TPSA) is 65.2 Å². The lowest BCUT2D eigenvalue weighted by Gasteiger charge is -2.03. The van der Waals surface area contributed by atoms with Gasteiger partial charge >= 0.3 is 0 Å². The Hall–Kier alpha value is -2.49. The average Bonchev–Trinajstić information content (AvgIpc) is 3.04. The van der Waals surface area contributed by atoms with Crippen LogP contribution in [0.25, 0.3) is 22.5 Å². The summed E-state index contributed by atoms with van der Waals surface area (Å²) in [6.45, 7) is 4.08. The van der Waals surface area contributed by atoms with Gasteiger partial charge in [-0.05, 0) is 18.6 Å². The lowest BCUT2D eigenvalue weighted by molar-refractivity contribution is 0.433. The van der Waals surface area contributed by atoms with Gasteiger partial charge < -0.3 is 14.7 Å². The normalized spacial score (nSPS) is 10.9. The molecule has 0 saturated carbocycles. The van der Waals surface area contributed by atoms with Crippen molar-refractivity contribution in [1.29, 1.82) is 0 Å². The molecule has 4 nitrogen and oxygen atoms in total. The van der Waals surface area contributed by atoms with Crippen LogP contribution in [0.2, 0.25) is 0 Å². The first kappa shape index (κ1) is 12.5. The van der Waals surface area contributed by atoms with Crippen LogP contribution in [-0.4, -0.2) is 5.16 Å². The van der Waals surface area contributed by atoms with Crippen molar-refractivity contribution in [2.24, 2.45) is 0 Å². The van der Waals surface area contributed by atoms with Gasteiger partial charge in [-0.15, -0.1) is 0 Å². The van der Waals surface area contributed by atoms with Crippen molar-refractivity contribution in [1.82, 2.24) is 5.16 Å². The molecule has 0 radical (unpaired) electrons. The minimum absolute atomic E-state index is 0.397. The number of anilines is 1. The van der Waals surface area contributed by atoms with Gasteiger partial charge in [0, 0.05) is 6.42 Å². The van der Waals surface area contributed by atoms with Crippen molar-refractivity contribution in [3.63, 3.8) is 0 Å². The van der Waals surface area contributed by atoms with E-state index in [1.807, 2.05) is 38.1 Å². The molecule has 0 spiro atoms. The monoisotopic (exact) mass is 268 g/mol. The largest absolute Gasteiger partial charge is 0.469 e. The van der Waals surface area contributed by atoms with Gasteiger partial charge in [-0.25, -0.2) is 0 Å². The highest BCUT2D eigenvalue weighted by molar-refractivity contribution is 5.87. The van der Waals surface area contributed by atoms with E-state index in [1.54, 1.807) is 6.26 Å². The van der Waals surface area contributed by atoms with E-state index in [4.69, 9.17) is 14.7 Å². The van der Waals surface area contributed by atoms with E-state index in [0.717, 1.165) is 34.4 Å². The molecule has 1 aromatic carbocycles. The summed E-state index contributed by atoms with van der Waals surface area (Å²) in [5, 5.41) is 3.92. The minimum atomic E-state index is 0.397. The molecule has 20 heavy (non-hydrogen) atoms. The fourth-order valence-corrected chi connectivity index (χ4v) is 2.38. The predicted molar refractivity (Wildman–Crippen MR) is 78.2 cm³/mol. The average molecular weight is 268 g/mol. The van der Waals surface area contributed by atoms with Crippen LogP contribution < -0.4 is 5.73 Å². The minimum Gasteiger partial charge on any atom is -0.469 e. The zero-order valence-electron chi connectivity index (χ0n) is 11.5. The van der Waals surface area contributed by atoms with Crippen LogP contribution in [0, 0.1) is 6.92 Å². The first-order chi connectivity index (χ1) is 9.70. The molecule has 0 aliphatic rings. The molecular formula is C16H16N2O2. The van der Waals surface area contributed by atoms with Crippen LogP contribution in [0.3, 0.4) is 0 Å². The lowest BCUT2D eigenvalue weighted by Crippen LogP contribution is -1.90. The summed E-state index contributed by atoms with van der Waals surface area (Å²) in [5.74, 6) is 1.93. The molecule has 2 heterocycles. The Labute approximate surface area is 117 Å². The first-order valence-electron chi connectivity index (χ1n) is 6.59. The predicted octanol–water partition coefficient (Wildman–Crippen LogP) is 4.05. The third-order valence-corrected chi connectivity index (χ3v) is 3.34. The standard InChI is InChI=1S/C16H16N2O2/c1-3-13-12(7-8-19-13)15-14(16(17)18-20-15)11-6-4-5-10(2)9-11/h4-9H,3H2,1-2H3,(H2,17,18). The molecule has 0 amide bonds. The zero-order valence-corrected chi connectivity index (χ0v) is 11.5. The molecule has 0 unspecified atom stereocenters. The maximum Gasteiger partial charge on any atom is 0.180 e. The molecule has 3 rings (SSSR count). The zero-order chi connectivity index (χ0) is 14.1. The van der Waals surface area contributed by atoms with Crippen molar-refractivity contribution in [3.05, 3.63) is 47.9 Å². The molecule has 0 aliphatic heterocycles. The molecule has 4 heteroatoms. The Balaban J connectivity index is 2.20. The fraction of sp³-hybridized carbons (Fsp3) is 0.188. The summed E-state index contributed by atoms with van der Waals surface area (Å²) in [5.41, 5.74) is 9.89. The molecule has 0 fully saturated rings. The number of aromatic nitrogens is 1. The molecule has 0 saturated heterocycles. The van der Waals surface area contributed by atoms with Gasteiger partial charge in [-0.3, -0.25) is 0 Å². The number of furan rings is 1. The van der Waals surface area contributed by atoms with Crippen LogP contribution in [0.5, 0.6) is 0 Å². The van der Waals surface area contributed by atoms with E-state index in [-0.39, 0.29) is 0 Å². The number of nitrogen functional groups attached to an aromatic ring is 1. The number of hydrogen-bond acceptors (Lipinski definition) is 4. The quantitative estimate of drug-likeness (QED) is 0.778. The Morgan fingerprint density at radius 3 is 2.85 bits per heavy atom. The van der Waals surface area contributed by atoms with Crippen molar-refractivity contribution < 1.29 is 8.94 Å². The molecule has 0 atom stereocenters. The van der Waals surface area contributed by atoms with E-state index in [2.05, 4.69) is 11.2 Å². The van der Waals surface area contributed by atoms with Crippen LogP contribution in [-0.2, 0) is 6.42 Å². The molecule has 2 aromatic heterocycles.